The molecule has 2 aromatic carbocycles. The monoisotopic (exact) mass is 351 g/mol. The Morgan fingerprint density at radius 3 is 2.77 bits per heavy atom. The summed E-state index contributed by atoms with van der Waals surface area (Å²) < 4.78 is 5.92. The molecular weight excluding hydrogens is 322 g/mol. The zero-order chi connectivity index (χ0) is 17.9. The number of benzene rings is 2. The van der Waals surface area contributed by atoms with Crippen molar-refractivity contribution in [3.05, 3.63) is 59.2 Å². The number of phenolic OH excluding ortho intramolecular Hbond substituents is 1. The molecule has 3 heteroatoms. The highest BCUT2D eigenvalue weighted by Gasteiger charge is 2.36. The van der Waals surface area contributed by atoms with Gasteiger partial charge in [0.1, 0.15) is 6.61 Å². The summed E-state index contributed by atoms with van der Waals surface area (Å²) in [4.78, 5) is 2.67. The molecule has 0 unspecified atom stereocenters. The molecule has 0 aromatic heterocycles. The number of piperidine rings is 1. The molecule has 2 aliphatic rings. The van der Waals surface area contributed by atoms with Gasteiger partial charge in [0.05, 0.1) is 0 Å². The highest BCUT2D eigenvalue weighted by Crippen LogP contribution is 2.42. The molecule has 1 aliphatic carbocycles. The average molecular weight is 351 g/mol. The molecule has 2 aromatic rings. The average Bonchev–Trinajstić information content (AvgIpc) is 2.68. The van der Waals surface area contributed by atoms with Gasteiger partial charge in [0, 0.05) is 11.6 Å². The number of nitrogens with zero attached hydrogens (tertiary/aromatic N) is 1. The summed E-state index contributed by atoms with van der Waals surface area (Å²) in [6.45, 7) is 5.18. The van der Waals surface area contributed by atoms with Crippen LogP contribution in [0.4, 0.5) is 0 Å². The fraction of sp³-hybridized carbons (Fsp3) is 0.478. The van der Waals surface area contributed by atoms with Crippen LogP contribution in [0.2, 0.25) is 0 Å². The number of hydrogen-bond donors (Lipinski definition) is 1. The molecule has 1 fully saturated rings. The highest BCUT2D eigenvalue weighted by molar-refractivity contribution is 5.51. The Bertz CT molecular complexity index is 741. The molecule has 2 atom stereocenters. The molecule has 1 saturated heterocycles. The summed E-state index contributed by atoms with van der Waals surface area (Å²) in [6, 6.07) is 14.9. The van der Waals surface area contributed by atoms with Crippen molar-refractivity contribution < 1.29 is 9.84 Å². The van der Waals surface area contributed by atoms with E-state index in [9.17, 15) is 5.11 Å². The van der Waals surface area contributed by atoms with Crippen LogP contribution < -0.4 is 4.74 Å². The van der Waals surface area contributed by atoms with Gasteiger partial charge in [0.25, 0.3) is 0 Å². The topological polar surface area (TPSA) is 32.7 Å². The molecule has 26 heavy (non-hydrogen) atoms. The van der Waals surface area contributed by atoms with Gasteiger partial charge in [-0.05, 0) is 68.3 Å². The molecule has 0 saturated carbocycles. The van der Waals surface area contributed by atoms with Crippen LogP contribution in [-0.2, 0) is 19.4 Å². The predicted octanol–water partition coefficient (Wildman–Crippen LogP) is 4.56. The van der Waals surface area contributed by atoms with Crippen LogP contribution in [0, 0.1) is 5.92 Å². The lowest BCUT2D eigenvalue weighted by atomic mass is 9.75. The van der Waals surface area contributed by atoms with Crippen LogP contribution in [0.3, 0.4) is 0 Å². The third-order valence-corrected chi connectivity index (χ3v) is 6.02. The van der Waals surface area contributed by atoms with Gasteiger partial charge >= 0.3 is 0 Å². The van der Waals surface area contributed by atoms with Crippen molar-refractivity contribution in [1.82, 2.24) is 4.90 Å². The van der Waals surface area contributed by atoms with Gasteiger partial charge in [-0.3, -0.25) is 4.90 Å². The van der Waals surface area contributed by atoms with Gasteiger partial charge in [-0.2, -0.15) is 0 Å². The summed E-state index contributed by atoms with van der Waals surface area (Å²) in [5.41, 5.74) is 3.54. The molecule has 1 aliphatic heterocycles. The highest BCUT2D eigenvalue weighted by atomic mass is 16.5. The van der Waals surface area contributed by atoms with Crippen LogP contribution in [0.15, 0.2) is 42.5 Å². The summed E-state index contributed by atoms with van der Waals surface area (Å²) in [6.07, 6.45) is 5.81. The van der Waals surface area contributed by atoms with E-state index in [-0.39, 0.29) is 0 Å². The van der Waals surface area contributed by atoms with Gasteiger partial charge < -0.3 is 9.84 Å². The number of phenols is 1. The van der Waals surface area contributed by atoms with Crippen LogP contribution in [-0.4, -0.2) is 29.1 Å². The first kappa shape index (κ1) is 17.4. The first-order valence-corrected chi connectivity index (χ1v) is 10.0. The van der Waals surface area contributed by atoms with Gasteiger partial charge in [-0.1, -0.05) is 43.3 Å². The van der Waals surface area contributed by atoms with Crippen LogP contribution >= 0.6 is 0 Å². The Kier molecular flexibility index (Phi) is 5.16. The molecule has 3 nitrogen and oxygen atoms in total. The summed E-state index contributed by atoms with van der Waals surface area (Å²) in [5.74, 6) is 1.65. The Morgan fingerprint density at radius 1 is 1.12 bits per heavy atom. The minimum absolute atomic E-state index is 0.365. The van der Waals surface area contributed by atoms with Gasteiger partial charge in [0.15, 0.2) is 11.5 Å². The van der Waals surface area contributed by atoms with Crippen molar-refractivity contribution in [2.24, 2.45) is 5.92 Å². The zero-order valence-electron chi connectivity index (χ0n) is 15.7. The van der Waals surface area contributed by atoms with Gasteiger partial charge in [0.2, 0.25) is 0 Å². The molecule has 4 rings (SSSR count). The summed E-state index contributed by atoms with van der Waals surface area (Å²) in [5, 5.41) is 10.8. The summed E-state index contributed by atoms with van der Waals surface area (Å²) in [7, 11) is 0. The lowest BCUT2D eigenvalue weighted by molar-refractivity contribution is 0.0847. The largest absolute Gasteiger partial charge is 0.504 e. The van der Waals surface area contributed by atoms with Crippen LogP contribution in [0.5, 0.6) is 11.5 Å². The van der Waals surface area contributed by atoms with Crippen molar-refractivity contribution in [2.75, 3.05) is 13.1 Å². The Labute approximate surface area is 156 Å². The smallest absolute Gasteiger partial charge is 0.161 e. The number of fused-ring (bicyclic) bond motifs is 2. The second-order valence-corrected chi connectivity index (χ2v) is 7.74. The van der Waals surface area contributed by atoms with E-state index in [0.29, 0.717) is 30.1 Å². The van der Waals surface area contributed by atoms with Crippen LogP contribution in [0.25, 0.3) is 0 Å². The Hall–Kier alpha value is -2.00. The lowest BCUT2D eigenvalue weighted by Gasteiger charge is -2.44. The maximum absolute atomic E-state index is 10.8. The third-order valence-electron chi connectivity index (χ3n) is 6.02. The normalized spacial score (nSPS) is 22.5. The maximum atomic E-state index is 10.8. The molecule has 1 heterocycles. The number of hydrogen-bond acceptors (Lipinski definition) is 3. The van der Waals surface area contributed by atoms with Crippen molar-refractivity contribution >= 4 is 0 Å². The first-order valence-electron chi connectivity index (χ1n) is 10.0. The van der Waals surface area contributed by atoms with E-state index in [1.54, 1.807) is 0 Å². The zero-order valence-corrected chi connectivity index (χ0v) is 15.7. The third kappa shape index (κ3) is 3.45. The molecule has 138 valence electrons. The minimum atomic E-state index is 0.365. The standard InChI is InChI=1S/C23H29NO2/c1-2-12-24-13-6-9-19-14-20-18(15-21(19)24)10-11-22(23(20)25)26-16-17-7-4-3-5-8-17/h3-5,7-8,10-11,19,21,25H,2,6,9,12-16H2,1H3/t19-,21-/m1/s1. The number of rotatable bonds is 5. The Balaban J connectivity index is 1.52. The first-order chi connectivity index (χ1) is 12.8. The molecule has 0 radical (unpaired) electrons. The lowest BCUT2D eigenvalue weighted by Crippen LogP contribution is -2.49. The van der Waals surface area contributed by atoms with E-state index < -0.39 is 0 Å². The minimum Gasteiger partial charge on any atom is -0.504 e. The van der Waals surface area contributed by atoms with Gasteiger partial charge in [-0.15, -0.1) is 0 Å². The maximum Gasteiger partial charge on any atom is 0.161 e. The van der Waals surface area contributed by atoms with Crippen molar-refractivity contribution in [3.8, 4) is 11.5 Å². The van der Waals surface area contributed by atoms with E-state index in [4.69, 9.17) is 4.74 Å². The molecular formula is C23H29NO2. The van der Waals surface area contributed by atoms with Crippen LogP contribution in [0.1, 0.15) is 42.9 Å². The van der Waals surface area contributed by atoms with Crippen molar-refractivity contribution in [2.45, 2.75) is 51.7 Å². The van der Waals surface area contributed by atoms with E-state index in [1.165, 1.54) is 37.9 Å². The number of likely N-dealkylation sites (tertiary alicyclic amines) is 1. The molecule has 0 spiro atoms. The second-order valence-electron chi connectivity index (χ2n) is 7.74. The quantitative estimate of drug-likeness (QED) is 0.857. The second kappa shape index (κ2) is 7.71. The van der Waals surface area contributed by atoms with E-state index >= 15 is 0 Å². The van der Waals surface area contributed by atoms with Gasteiger partial charge in [-0.25, -0.2) is 0 Å². The van der Waals surface area contributed by atoms with Crippen molar-refractivity contribution in [1.29, 1.82) is 0 Å². The van der Waals surface area contributed by atoms with E-state index in [1.807, 2.05) is 36.4 Å². The van der Waals surface area contributed by atoms with E-state index in [0.717, 1.165) is 24.0 Å². The predicted molar refractivity (Wildman–Crippen MR) is 105 cm³/mol. The fourth-order valence-corrected chi connectivity index (χ4v) is 4.73. The number of aromatic hydroxyl groups is 1. The Morgan fingerprint density at radius 2 is 1.96 bits per heavy atom. The molecule has 0 amide bonds. The SMILES string of the molecule is CCCN1CCC[C@@H]2Cc3c(ccc(OCc4ccccc4)c3O)C[C@H]21. The molecule has 1 N–H and O–H groups in total. The molecule has 0 bridgehead atoms. The summed E-state index contributed by atoms with van der Waals surface area (Å²) >= 11 is 0. The fourth-order valence-electron chi connectivity index (χ4n) is 4.73. The van der Waals surface area contributed by atoms with E-state index in [2.05, 4.69) is 17.9 Å². The number of ether oxygens (including phenoxy) is 1. The van der Waals surface area contributed by atoms with Crippen molar-refractivity contribution in [3.63, 3.8) is 0 Å².